The van der Waals surface area contributed by atoms with Crippen molar-refractivity contribution in [3.63, 3.8) is 0 Å². The zero-order valence-corrected chi connectivity index (χ0v) is 23.5. The lowest BCUT2D eigenvalue weighted by Gasteiger charge is -2.19. The van der Waals surface area contributed by atoms with Gasteiger partial charge in [0, 0.05) is 27.7 Å². The SMILES string of the molecule is COC(=O)C(NC(=O)c1csc(-c2ccc(NC(=O)Nc3ccc(Cl)cc3Oc3ccccc3)cc2)n1)C(C)C. The number of aromatic nitrogens is 1. The molecule has 11 heteroatoms. The molecule has 40 heavy (non-hydrogen) atoms. The fourth-order valence-electron chi connectivity index (χ4n) is 3.63. The number of urea groups is 1. The van der Waals surface area contributed by atoms with Crippen molar-refractivity contribution < 1.29 is 23.9 Å². The van der Waals surface area contributed by atoms with Crippen molar-refractivity contribution in [2.45, 2.75) is 19.9 Å². The Kier molecular flexibility index (Phi) is 9.36. The summed E-state index contributed by atoms with van der Waals surface area (Å²) in [7, 11) is 1.28. The molecule has 9 nitrogen and oxygen atoms in total. The van der Waals surface area contributed by atoms with E-state index < -0.39 is 23.9 Å². The summed E-state index contributed by atoms with van der Waals surface area (Å²) in [5.74, 6) is -0.107. The van der Waals surface area contributed by atoms with E-state index >= 15 is 0 Å². The van der Waals surface area contributed by atoms with Crippen molar-refractivity contribution in [2.75, 3.05) is 17.7 Å². The lowest BCUT2D eigenvalue weighted by atomic mass is 10.0. The molecule has 4 aromatic rings. The highest BCUT2D eigenvalue weighted by Crippen LogP contribution is 2.32. The van der Waals surface area contributed by atoms with Crippen LogP contribution in [0, 0.1) is 5.92 Å². The quantitative estimate of drug-likeness (QED) is 0.187. The van der Waals surface area contributed by atoms with E-state index in [0.717, 1.165) is 5.56 Å². The Morgan fingerprint density at radius 3 is 2.35 bits per heavy atom. The second-order valence-corrected chi connectivity index (χ2v) is 10.3. The summed E-state index contributed by atoms with van der Waals surface area (Å²) in [6, 6.07) is 19.9. The van der Waals surface area contributed by atoms with Gasteiger partial charge in [-0.2, -0.15) is 0 Å². The molecule has 0 aliphatic carbocycles. The van der Waals surface area contributed by atoms with Crippen LogP contribution in [0.4, 0.5) is 16.2 Å². The van der Waals surface area contributed by atoms with E-state index in [1.165, 1.54) is 18.4 Å². The number of nitrogens with one attached hydrogen (secondary N) is 3. The number of hydrogen-bond donors (Lipinski definition) is 3. The van der Waals surface area contributed by atoms with E-state index in [2.05, 4.69) is 20.9 Å². The smallest absolute Gasteiger partial charge is 0.328 e. The topological polar surface area (TPSA) is 119 Å². The van der Waals surface area contributed by atoms with Crippen LogP contribution < -0.4 is 20.7 Å². The largest absolute Gasteiger partial charge is 0.467 e. The molecule has 0 aliphatic rings. The predicted octanol–water partition coefficient (Wildman–Crippen LogP) is 6.83. The number of halogens is 1. The van der Waals surface area contributed by atoms with Gasteiger partial charge in [0.15, 0.2) is 5.75 Å². The third-order valence-electron chi connectivity index (χ3n) is 5.70. The average Bonchev–Trinajstić information content (AvgIpc) is 3.44. The summed E-state index contributed by atoms with van der Waals surface area (Å²) < 4.78 is 10.7. The van der Waals surface area contributed by atoms with Crippen LogP contribution in [-0.4, -0.2) is 36.0 Å². The Bertz CT molecular complexity index is 1490. The standard InChI is InChI=1S/C29H27ClN4O5S/c1-17(2)25(28(36)38-3)34-26(35)23-16-40-27(32-23)18-9-12-20(13-10-18)31-29(37)33-22-14-11-19(30)15-24(22)39-21-7-5-4-6-8-21/h4-17,25H,1-3H3,(H,34,35)(H2,31,33,37). The monoisotopic (exact) mass is 578 g/mol. The van der Waals surface area contributed by atoms with Crippen molar-refractivity contribution in [1.29, 1.82) is 0 Å². The Balaban J connectivity index is 1.39. The first kappa shape index (κ1) is 28.6. The number of amides is 3. The Morgan fingerprint density at radius 2 is 1.68 bits per heavy atom. The van der Waals surface area contributed by atoms with Crippen LogP contribution in [0.25, 0.3) is 10.6 Å². The van der Waals surface area contributed by atoms with E-state index in [0.29, 0.717) is 32.9 Å². The number of ether oxygens (including phenoxy) is 2. The average molecular weight is 579 g/mol. The molecular formula is C29H27ClN4O5S. The van der Waals surface area contributed by atoms with Crippen molar-refractivity contribution in [2.24, 2.45) is 5.92 Å². The molecule has 4 rings (SSSR count). The molecule has 0 saturated carbocycles. The molecular weight excluding hydrogens is 552 g/mol. The van der Waals surface area contributed by atoms with Crippen LogP contribution in [-0.2, 0) is 9.53 Å². The molecule has 0 radical (unpaired) electrons. The minimum absolute atomic E-state index is 0.144. The lowest BCUT2D eigenvalue weighted by Crippen LogP contribution is -2.45. The number of carbonyl (C=O) groups is 3. The number of rotatable bonds is 9. The van der Waals surface area contributed by atoms with Crippen LogP contribution in [0.1, 0.15) is 24.3 Å². The first-order valence-electron chi connectivity index (χ1n) is 12.3. The van der Waals surface area contributed by atoms with Crippen LogP contribution >= 0.6 is 22.9 Å². The van der Waals surface area contributed by atoms with Crippen molar-refractivity contribution in [1.82, 2.24) is 10.3 Å². The Hall–Kier alpha value is -4.41. The zero-order valence-electron chi connectivity index (χ0n) is 21.9. The van der Waals surface area contributed by atoms with Gasteiger partial charge in [-0.25, -0.2) is 14.6 Å². The fourth-order valence-corrected chi connectivity index (χ4v) is 4.60. The normalized spacial score (nSPS) is 11.4. The van der Waals surface area contributed by atoms with Crippen LogP contribution in [0.15, 0.2) is 78.2 Å². The van der Waals surface area contributed by atoms with Gasteiger partial charge in [-0.15, -0.1) is 11.3 Å². The van der Waals surface area contributed by atoms with Crippen molar-refractivity contribution in [3.8, 4) is 22.1 Å². The van der Waals surface area contributed by atoms with Crippen LogP contribution in [0.3, 0.4) is 0 Å². The van der Waals surface area contributed by atoms with Gasteiger partial charge >= 0.3 is 12.0 Å². The summed E-state index contributed by atoms with van der Waals surface area (Å²) in [6.07, 6.45) is 0. The Labute approximate surface area is 240 Å². The third-order valence-corrected chi connectivity index (χ3v) is 6.82. The maximum absolute atomic E-state index is 12.7. The van der Waals surface area contributed by atoms with Gasteiger partial charge in [0.2, 0.25) is 0 Å². The van der Waals surface area contributed by atoms with Gasteiger partial charge in [-0.3, -0.25) is 4.79 Å². The molecule has 0 bridgehead atoms. The summed E-state index contributed by atoms with van der Waals surface area (Å²) in [6.45, 7) is 3.63. The highest BCUT2D eigenvalue weighted by Gasteiger charge is 2.26. The minimum Gasteiger partial charge on any atom is -0.467 e. The maximum Gasteiger partial charge on any atom is 0.328 e. The zero-order chi connectivity index (χ0) is 28.6. The van der Waals surface area contributed by atoms with Gasteiger partial charge in [0.25, 0.3) is 5.91 Å². The predicted molar refractivity (Wildman–Crippen MR) is 156 cm³/mol. The van der Waals surface area contributed by atoms with E-state index in [-0.39, 0.29) is 11.6 Å². The Morgan fingerprint density at radius 1 is 0.950 bits per heavy atom. The van der Waals surface area contributed by atoms with E-state index in [9.17, 15) is 14.4 Å². The molecule has 0 fully saturated rings. The number of esters is 1. The van der Waals surface area contributed by atoms with Gasteiger partial charge in [0.05, 0.1) is 12.8 Å². The molecule has 3 N–H and O–H groups in total. The highest BCUT2D eigenvalue weighted by atomic mass is 35.5. The maximum atomic E-state index is 12.7. The van der Waals surface area contributed by atoms with Gasteiger partial charge < -0.3 is 25.4 Å². The van der Waals surface area contributed by atoms with E-state index in [4.69, 9.17) is 21.1 Å². The molecule has 1 aromatic heterocycles. The second-order valence-electron chi connectivity index (χ2n) is 8.97. The highest BCUT2D eigenvalue weighted by molar-refractivity contribution is 7.13. The molecule has 3 aromatic carbocycles. The summed E-state index contributed by atoms with van der Waals surface area (Å²) in [5, 5.41) is 11.0. The molecule has 1 unspecified atom stereocenters. The van der Waals surface area contributed by atoms with Crippen molar-refractivity contribution in [3.05, 3.63) is 88.9 Å². The molecule has 3 amide bonds. The number of nitrogens with zero attached hydrogens (tertiary/aromatic N) is 1. The van der Waals surface area contributed by atoms with Crippen molar-refractivity contribution >= 4 is 52.2 Å². The summed E-state index contributed by atoms with van der Waals surface area (Å²) in [4.78, 5) is 41.7. The first-order chi connectivity index (χ1) is 19.2. The molecule has 1 atom stereocenters. The van der Waals surface area contributed by atoms with Crippen LogP contribution in [0.5, 0.6) is 11.5 Å². The molecule has 0 saturated heterocycles. The summed E-state index contributed by atoms with van der Waals surface area (Å²) >= 11 is 7.43. The van der Waals surface area contributed by atoms with Crippen LogP contribution in [0.2, 0.25) is 5.02 Å². The number of methoxy groups -OCH3 is 1. The van der Waals surface area contributed by atoms with Gasteiger partial charge in [-0.05, 0) is 54.4 Å². The number of para-hydroxylation sites is 1. The molecule has 206 valence electrons. The number of thiazole rings is 1. The first-order valence-corrected chi connectivity index (χ1v) is 13.5. The lowest BCUT2D eigenvalue weighted by molar-refractivity contribution is -0.144. The minimum atomic E-state index is -0.770. The second kappa shape index (κ2) is 13.1. The van der Waals surface area contributed by atoms with Gasteiger partial charge in [0.1, 0.15) is 22.5 Å². The third kappa shape index (κ3) is 7.37. The molecule has 0 aliphatic heterocycles. The number of anilines is 2. The number of benzene rings is 3. The number of carbonyl (C=O) groups excluding carboxylic acids is 3. The fraction of sp³-hybridized carbons (Fsp3) is 0.172. The van der Waals surface area contributed by atoms with E-state index in [1.807, 2.05) is 32.0 Å². The summed E-state index contributed by atoms with van der Waals surface area (Å²) in [5.41, 5.74) is 1.96. The van der Waals surface area contributed by atoms with E-state index in [1.54, 1.807) is 60.0 Å². The molecule has 0 spiro atoms. The molecule has 1 heterocycles. The van der Waals surface area contributed by atoms with Gasteiger partial charge in [-0.1, -0.05) is 43.6 Å². The number of hydrogen-bond acceptors (Lipinski definition) is 7.